The highest BCUT2D eigenvalue weighted by molar-refractivity contribution is 5.48. The van der Waals surface area contributed by atoms with Gasteiger partial charge in [0.1, 0.15) is 17.4 Å². The fourth-order valence-electron chi connectivity index (χ4n) is 3.22. The van der Waals surface area contributed by atoms with Crippen molar-refractivity contribution >= 4 is 5.82 Å². The topological polar surface area (TPSA) is 63.8 Å². The number of fused-ring (bicyclic) bond motifs is 1. The highest BCUT2D eigenvalue weighted by atomic mass is 16.5. The van der Waals surface area contributed by atoms with Gasteiger partial charge < -0.3 is 9.84 Å². The molecule has 0 radical (unpaired) electrons. The summed E-state index contributed by atoms with van der Waals surface area (Å²) in [5.41, 5.74) is 4.71. The van der Waals surface area contributed by atoms with E-state index in [2.05, 4.69) is 27.4 Å². The Morgan fingerprint density at radius 2 is 1.91 bits per heavy atom. The Morgan fingerprint density at radius 1 is 1.14 bits per heavy atom. The molecule has 0 amide bonds. The molecule has 0 aliphatic heterocycles. The maximum Gasteiger partial charge on any atom is 0.137 e. The molecule has 0 saturated heterocycles. The van der Waals surface area contributed by atoms with E-state index in [0.29, 0.717) is 0 Å². The third-order valence-corrected chi connectivity index (χ3v) is 4.37. The molecule has 0 bridgehead atoms. The lowest BCUT2D eigenvalue weighted by molar-refractivity contribution is 0.392. The zero-order valence-corrected chi connectivity index (χ0v) is 13.9. The molecule has 1 aliphatic rings. The molecule has 1 N–H and O–H groups in total. The van der Waals surface area contributed by atoms with Gasteiger partial charge in [0.15, 0.2) is 0 Å². The highest BCUT2D eigenvalue weighted by Crippen LogP contribution is 2.26. The van der Waals surface area contributed by atoms with Crippen molar-refractivity contribution in [3.05, 3.63) is 34.1 Å². The number of aromatic nitrogens is 3. The Balaban J connectivity index is 1.79. The van der Waals surface area contributed by atoms with E-state index in [9.17, 15) is 0 Å². The zero-order chi connectivity index (χ0) is 15.7. The lowest BCUT2D eigenvalue weighted by Gasteiger charge is -2.22. The van der Waals surface area contributed by atoms with Crippen molar-refractivity contribution in [2.75, 3.05) is 5.32 Å². The Morgan fingerprint density at radius 3 is 2.64 bits per heavy atom. The highest BCUT2D eigenvalue weighted by Gasteiger charge is 2.19. The molecule has 118 valence electrons. The Labute approximate surface area is 131 Å². The fraction of sp³-hybridized carbons (Fsp3) is 0.588. The first-order valence-corrected chi connectivity index (χ1v) is 8.09. The minimum atomic E-state index is 0.275. The average Bonchev–Trinajstić information content (AvgIpc) is 2.79. The molecule has 0 saturated carbocycles. The zero-order valence-electron chi connectivity index (χ0n) is 13.9. The summed E-state index contributed by atoms with van der Waals surface area (Å²) in [5.74, 6) is 2.78. The second-order valence-corrected chi connectivity index (χ2v) is 6.30. The van der Waals surface area contributed by atoms with Crippen LogP contribution in [-0.4, -0.2) is 21.2 Å². The fourth-order valence-corrected chi connectivity index (χ4v) is 3.22. The van der Waals surface area contributed by atoms with Crippen LogP contribution in [0.4, 0.5) is 5.82 Å². The van der Waals surface area contributed by atoms with Gasteiger partial charge in [-0.15, -0.1) is 0 Å². The minimum absolute atomic E-state index is 0.275. The molecule has 0 spiro atoms. The van der Waals surface area contributed by atoms with Gasteiger partial charge in [-0.3, -0.25) is 0 Å². The van der Waals surface area contributed by atoms with Gasteiger partial charge in [-0.1, -0.05) is 5.16 Å². The van der Waals surface area contributed by atoms with Gasteiger partial charge >= 0.3 is 0 Å². The van der Waals surface area contributed by atoms with Crippen molar-refractivity contribution in [2.45, 2.75) is 65.8 Å². The molecule has 3 rings (SSSR count). The summed E-state index contributed by atoms with van der Waals surface area (Å²) in [6.07, 6.45) is 5.50. The average molecular weight is 300 g/mol. The number of aryl methyl sites for hydroxylation is 4. The van der Waals surface area contributed by atoms with Crippen molar-refractivity contribution in [1.82, 2.24) is 15.1 Å². The van der Waals surface area contributed by atoms with Crippen molar-refractivity contribution in [2.24, 2.45) is 0 Å². The van der Waals surface area contributed by atoms with Crippen molar-refractivity contribution in [3.63, 3.8) is 0 Å². The number of anilines is 1. The van der Waals surface area contributed by atoms with E-state index in [1.807, 2.05) is 20.8 Å². The summed E-state index contributed by atoms with van der Waals surface area (Å²) in [6.45, 7) is 8.12. The van der Waals surface area contributed by atoms with Crippen LogP contribution in [0, 0.1) is 20.8 Å². The summed E-state index contributed by atoms with van der Waals surface area (Å²) < 4.78 is 5.25. The van der Waals surface area contributed by atoms with Gasteiger partial charge in [0.25, 0.3) is 0 Å². The largest absolute Gasteiger partial charge is 0.367 e. The van der Waals surface area contributed by atoms with Crippen LogP contribution in [0.5, 0.6) is 0 Å². The summed E-state index contributed by atoms with van der Waals surface area (Å²) in [4.78, 5) is 9.25. The van der Waals surface area contributed by atoms with E-state index in [0.717, 1.165) is 42.4 Å². The van der Waals surface area contributed by atoms with E-state index in [-0.39, 0.29) is 6.04 Å². The van der Waals surface area contributed by atoms with Gasteiger partial charge in [0.05, 0.1) is 5.69 Å². The summed E-state index contributed by atoms with van der Waals surface area (Å²) in [5, 5.41) is 7.62. The molecular weight excluding hydrogens is 276 g/mol. The third kappa shape index (κ3) is 2.98. The molecule has 5 heteroatoms. The molecule has 1 unspecified atom stereocenters. The van der Waals surface area contributed by atoms with Gasteiger partial charge in [-0.2, -0.15) is 0 Å². The number of hydrogen-bond acceptors (Lipinski definition) is 5. The molecular formula is C17H24N4O. The first-order valence-electron chi connectivity index (χ1n) is 8.09. The van der Waals surface area contributed by atoms with Gasteiger partial charge in [0.2, 0.25) is 0 Å². The Bertz CT molecular complexity index is 658. The van der Waals surface area contributed by atoms with Crippen LogP contribution in [0.2, 0.25) is 0 Å². The Kier molecular flexibility index (Phi) is 4.14. The van der Waals surface area contributed by atoms with Gasteiger partial charge in [-0.05, 0) is 59.8 Å². The number of hydrogen-bond donors (Lipinski definition) is 1. The van der Waals surface area contributed by atoms with Crippen LogP contribution in [0.1, 0.15) is 53.9 Å². The molecule has 0 aromatic carbocycles. The molecule has 1 atom stereocenters. The predicted molar refractivity (Wildman–Crippen MR) is 86.2 cm³/mol. The first-order chi connectivity index (χ1) is 10.5. The van der Waals surface area contributed by atoms with E-state index in [4.69, 9.17) is 4.52 Å². The molecule has 2 aromatic heterocycles. The molecule has 0 fully saturated rings. The minimum Gasteiger partial charge on any atom is -0.367 e. The predicted octanol–water partition coefficient (Wildman–Crippen LogP) is 3.31. The normalized spacial score (nSPS) is 15.5. The third-order valence-electron chi connectivity index (χ3n) is 4.37. The van der Waals surface area contributed by atoms with Crippen LogP contribution in [0.3, 0.4) is 0 Å². The number of rotatable bonds is 4. The smallest absolute Gasteiger partial charge is 0.137 e. The molecule has 2 heterocycles. The lowest BCUT2D eigenvalue weighted by atomic mass is 9.96. The molecule has 22 heavy (non-hydrogen) atoms. The number of nitrogens with one attached hydrogen (secondary N) is 1. The van der Waals surface area contributed by atoms with Crippen molar-refractivity contribution < 1.29 is 4.52 Å². The van der Waals surface area contributed by atoms with E-state index < -0.39 is 0 Å². The van der Waals surface area contributed by atoms with Crippen LogP contribution >= 0.6 is 0 Å². The second-order valence-electron chi connectivity index (χ2n) is 6.30. The maximum absolute atomic E-state index is 5.25. The van der Waals surface area contributed by atoms with E-state index in [1.54, 1.807) is 0 Å². The summed E-state index contributed by atoms with van der Waals surface area (Å²) >= 11 is 0. The monoisotopic (exact) mass is 300 g/mol. The van der Waals surface area contributed by atoms with E-state index in [1.165, 1.54) is 29.7 Å². The van der Waals surface area contributed by atoms with Crippen molar-refractivity contribution in [1.29, 1.82) is 0 Å². The van der Waals surface area contributed by atoms with Crippen LogP contribution in [0.15, 0.2) is 4.52 Å². The first kappa shape index (κ1) is 15.0. The molecule has 1 aliphatic carbocycles. The Hall–Kier alpha value is -1.91. The quantitative estimate of drug-likeness (QED) is 0.938. The molecule has 2 aromatic rings. The second kappa shape index (κ2) is 6.07. The standard InChI is InChI=1S/C17H24N4O/c1-10(9-15-11(2)21-22-12(15)3)18-17-14-7-5-6-8-16(14)19-13(4)20-17/h10H,5-9H2,1-4H3,(H,18,19,20). The number of nitrogens with zero attached hydrogens (tertiary/aromatic N) is 3. The van der Waals surface area contributed by atoms with Crippen LogP contribution < -0.4 is 5.32 Å². The SMILES string of the molecule is Cc1nc2c(c(NC(C)Cc3c(C)noc3C)n1)CCCC2. The maximum atomic E-state index is 5.25. The van der Waals surface area contributed by atoms with E-state index >= 15 is 0 Å². The van der Waals surface area contributed by atoms with Crippen LogP contribution in [-0.2, 0) is 19.3 Å². The summed E-state index contributed by atoms with van der Waals surface area (Å²) in [7, 11) is 0. The van der Waals surface area contributed by atoms with Crippen LogP contribution in [0.25, 0.3) is 0 Å². The molecule has 5 nitrogen and oxygen atoms in total. The summed E-state index contributed by atoms with van der Waals surface area (Å²) in [6, 6.07) is 0.275. The van der Waals surface area contributed by atoms with Crippen molar-refractivity contribution in [3.8, 4) is 0 Å². The van der Waals surface area contributed by atoms with Gasteiger partial charge in [-0.25, -0.2) is 9.97 Å². The lowest BCUT2D eigenvalue weighted by Crippen LogP contribution is -2.22. The van der Waals surface area contributed by atoms with Gasteiger partial charge in [0, 0.05) is 22.9 Å².